The minimum absolute atomic E-state index is 0.144. The van der Waals surface area contributed by atoms with E-state index in [2.05, 4.69) is 15.3 Å². The Kier molecular flexibility index (Phi) is 4.12. The summed E-state index contributed by atoms with van der Waals surface area (Å²) in [6.45, 7) is 7.50. The first-order valence-electron chi connectivity index (χ1n) is 9.54. The highest BCUT2D eigenvalue weighted by atomic mass is 16.4. The molecule has 1 aliphatic carbocycles. The van der Waals surface area contributed by atoms with Gasteiger partial charge < -0.3 is 9.32 Å². The van der Waals surface area contributed by atoms with Crippen LogP contribution in [0.4, 0.5) is 0 Å². The van der Waals surface area contributed by atoms with Gasteiger partial charge in [0, 0.05) is 37.8 Å². The Hall–Kier alpha value is -2.18. The van der Waals surface area contributed by atoms with E-state index in [1.165, 1.54) is 0 Å². The molecule has 2 aromatic rings. The normalized spacial score (nSPS) is 25.1. The van der Waals surface area contributed by atoms with Gasteiger partial charge in [-0.25, -0.2) is 0 Å². The van der Waals surface area contributed by atoms with E-state index < -0.39 is 0 Å². The van der Waals surface area contributed by atoms with E-state index in [0.29, 0.717) is 24.8 Å². The fourth-order valence-corrected chi connectivity index (χ4v) is 4.76. The van der Waals surface area contributed by atoms with Crippen LogP contribution in [0.2, 0.25) is 0 Å². The van der Waals surface area contributed by atoms with Crippen molar-refractivity contribution in [1.29, 1.82) is 0 Å². The van der Waals surface area contributed by atoms with Crippen LogP contribution in [0.15, 0.2) is 4.42 Å². The van der Waals surface area contributed by atoms with Crippen LogP contribution in [0.5, 0.6) is 0 Å². The molecule has 0 aromatic carbocycles. The number of rotatable bonds is 4. The lowest BCUT2D eigenvalue weighted by Gasteiger charge is -2.24. The number of nitrogens with zero attached hydrogens (tertiary/aromatic N) is 5. The zero-order valence-corrected chi connectivity index (χ0v) is 16.1. The highest BCUT2D eigenvalue weighted by molar-refractivity contribution is 5.80. The highest BCUT2D eigenvalue weighted by Crippen LogP contribution is 2.50. The maximum absolute atomic E-state index is 13.0. The van der Waals surface area contributed by atoms with Gasteiger partial charge in [0.25, 0.3) is 0 Å². The smallest absolute Gasteiger partial charge is 0.227 e. The van der Waals surface area contributed by atoms with Gasteiger partial charge in [-0.2, -0.15) is 5.10 Å². The first-order valence-corrected chi connectivity index (χ1v) is 9.54. The minimum atomic E-state index is -0.144. The summed E-state index contributed by atoms with van der Waals surface area (Å²) in [7, 11) is 1.92. The molecule has 1 saturated carbocycles. The molecule has 0 bridgehead atoms. The van der Waals surface area contributed by atoms with Gasteiger partial charge >= 0.3 is 0 Å². The lowest BCUT2D eigenvalue weighted by molar-refractivity contribution is -0.129. The molecule has 3 heterocycles. The summed E-state index contributed by atoms with van der Waals surface area (Å²) in [6, 6.07) is 0. The number of hydrogen-bond donors (Lipinski definition) is 0. The third kappa shape index (κ3) is 2.56. The van der Waals surface area contributed by atoms with E-state index >= 15 is 0 Å². The molecule has 1 aliphatic heterocycles. The number of aryl methyl sites for hydroxylation is 3. The standard InChI is InChI=1S/C19H27N5O2/c1-5-16-20-21-18(26-16)19-8-6-7-14(19)10-24(11-19)17(25)9-15-12(2)22-23(4)13(15)3/h14H,5-11H2,1-4H3/t14-,19-/m0/s1. The number of amides is 1. The van der Waals surface area contributed by atoms with Gasteiger partial charge in [0.2, 0.25) is 17.7 Å². The Balaban J connectivity index is 1.55. The zero-order valence-electron chi connectivity index (χ0n) is 16.1. The maximum atomic E-state index is 13.0. The van der Waals surface area contributed by atoms with Crippen molar-refractivity contribution in [1.82, 2.24) is 24.9 Å². The molecule has 7 nitrogen and oxygen atoms in total. The van der Waals surface area contributed by atoms with Crippen LogP contribution in [0, 0.1) is 19.8 Å². The minimum Gasteiger partial charge on any atom is -0.425 e. The first kappa shape index (κ1) is 17.2. The fraction of sp³-hybridized carbons (Fsp3) is 0.684. The Morgan fingerprint density at radius 2 is 2.15 bits per heavy atom. The molecule has 0 N–H and O–H groups in total. The van der Waals surface area contributed by atoms with E-state index in [1.54, 1.807) is 0 Å². The van der Waals surface area contributed by atoms with Gasteiger partial charge in [0.05, 0.1) is 17.5 Å². The molecule has 2 aromatic heterocycles. The third-order valence-corrected chi connectivity index (χ3v) is 6.41. The first-order chi connectivity index (χ1) is 12.4. The van der Waals surface area contributed by atoms with Crippen molar-refractivity contribution >= 4 is 5.91 Å². The highest BCUT2D eigenvalue weighted by Gasteiger charge is 2.55. The van der Waals surface area contributed by atoms with Gasteiger partial charge in [-0.3, -0.25) is 9.48 Å². The molecule has 2 atom stereocenters. The summed E-state index contributed by atoms with van der Waals surface area (Å²) in [5.41, 5.74) is 2.91. The van der Waals surface area contributed by atoms with Crippen molar-refractivity contribution in [2.75, 3.05) is 13.1 Å². The van der Waals surface area contributed by atoms with Gasteiger partial charge in [-0.15, -0.1) is 10.2 Å². The summed E-state index contributed by atoms with van der Waals surface area (Å²) >= 11 is 0. The number of likely N-dealkylation sites (tertiary alicyclic amines) is 1. The summed E-state index contributed by atoms with van der Waals surface area (Å²) in [6.07, 6.45) is 4.47. The molecule has 4 rings (SSSR count). The van der Waals surface area contributed by atoms with Crippen molar-refractivity contribution < 1.29 is 9.21 Å². The number of aromatic nitrogens is 4. The Labute approximate surface area is 153 Å². The largest absolute Gasteiger partial charge is 0.425 e. The molecular formula is C19H27N5O2. The van der Waals surface area contributed by atoms with Crippen molar-refractivity contribution in [3.63, 3.8) is 0 Å². The van der Waals surface area contributed by atoms with Crippen molar-refractivity contribution in [3.05, 3.63) is 28.7 Å². The SMILES string of the molecule is CCc1nnc([C@]23CCC[C@H]2CN(C(=O)Cc2c(C)nn(C)c2C)C3)o1. The average molecular weight is 357 g/mol. The van der Waals surface area contributed by atoms with Gasteiger partial charge in [-0.05, 0) is 32.6 Å². The second-order valence-electron chi connectivity index (χ2n) is 7.82. The molecule has 2 fully saturated rings. The topological polar surface area (TPSA) is 77.1 Å². The van der Waals surface area contributed by atoms with Gasteiger partial charge in [0.15, 0.2) is 0 Å². The van der Waals surface area contributed by atoms with Crippen molar-refractivity contribution in [3.8, 4) is 0 Å². The van der Waals surface area contributed by atoms with Crippen LogP contribution in [0.25, 0.3) is 0 Å². The molecule has 2 aliphatic rings. The Morgan fingerprint density at radius 3 is 2.81 bits per heavy atom. The number of fused-ring (bicyclic) bond motifs is 1. The van der Waals surface area contributed by atoms with Crippen molar-refractivity contribution in [2.45, 2.75) is 58.3 Å². The second kappa shape index (κ2) is 6.21. The Bertz CT molecular complexity index is 839. The molecule has 1 amide bonds. The van der Waals surface area contributed by atoms with Crippen LogP contribution in [0.1, 0.15) is 54.9 Å². The second-order valence-corrected chi connectivity index (χ2v) is 7.82. The van der Waals surface area contributed by atoms with Gasteiger partial charge in [-0.1, -0.05) is 13.3 Å². The predicted molar refractivity (Wildman–Crippen MR) is 95.7 cm³/mol. The summed E-state index contributed by atoms with van der Waals surface area (Å²) in [4.78, 5) is 15.0. The van der Waals surface area contributed by atoms with Crippen LogP contribution < -0.4 is 0 Å². The van der Waals surface area contributed by atoms with E-state index in [0.717, 1.165) is 55.1 Å². The van der Waals surface area contributed by atoms with Crippen LogP contribution in [-0.4, -0.2) is 43.9 Å². The number of carbonyl (C=O) groups excluding carboxylic acids is 1. The molecule has 7 heteroatoms. The quantitative estimate of drug-likeness (QED) is 0.837. The molecule has 0 radical (unpaired) electrons. The molecular weight excluding hydrogens is 330 g/mol. The molecule has 0 spiro atoms. The van der Waals surface area contributed by atoms with Crippen LogP contribution >= 0.6 is 0 Å². The van der Waals surface area contributed by atoms with Gasteiger partial charge in [0.1, 0.15) is 0 Å². The molecule has 26 heavy (non-hydrogen) atoms. The van der Waals surface area contributed by atoms with Crippen LogP contribution in [-0.2, 0) is 30.1 Å². The Morgan fingerprint density at radius 1 is 1.35 bits per heavy atom. The van der Waals surface area contributed by atoms with E-state index in [-0.39, 0.29) is 11.3 Å². The lowest BCUT2D eigenvalue weighted by atomic mass is 9.80. The summed E-state index contributed by atoms with van der Waals surface area (Å²) in [5, 5.41) is 12.9. The van der Waals surface area contributed by atoms with E-state index in [1.807, 2.05) is 37.4 Å². The maximum Gasteiger partial charge on any atom is 0.227 e. The molecule has 1 saturated heterocycles. The van der Waals surface area contributed by atoms with E-state index in [9.17, 15) is 4.79 Å². The average Bonchev–Trinajstić information content (AvgIpc) is 3.34. The molecule has 140 valence electrons. The molecule has 0 unspecified atom stereocenters. The lowest BCUT2D eigenvalue weighted by Crippen LogP contribution is -2.35. The predicted octanol–water partition coefficient (Wildman–Crippen LogP) is 2.11. The van der Waals surface area contributed by atoms with Crippen molar-refractivity contribution in [2.24, 2.45) is 13.0 Å². The van der Waals surface area contributed by atoms with E-state index in [4.69, 9.17) is 4.42 Å². The summed E-state index contributed by atoms with van der Waals surface area (Å²) < 4.78 is 7.79. The number of carbonyl (C=O) groups is 1. The zero-order chi connectivity index (χ0) is 18.5. The number of hydrogen-bond acceptors (Lipinski definition) is 5. The van der Waals surface area contributed by atoms with Crippen LogP contribution in [0.3, 0.4) is 0 Å². The summed E-state index contributed by atoms with van der Waals surface area (Å²) in [5.74, 6) is 2.02. The fourth-order valence-electron chi connectivity index (χ4n) is 4.76. The monoisotopic (exact) mass is 357 g/mol. The third-order valence-electron chi connectivity index (χ3n) is 6.41.